The molecule has 4 atom stereocenters. The highest BCUT2D eigenvalue weighted by Gasteiger charge is 2.65. The first-order valence-electron chi connectivity index (χ1n) is 5.06. The lowest BCUT2D eigenvalue weighted by Crippen LogP contribution is -2.49. The van der Waals surface area contributed by atoms with Gasteiger partial charge in [-0.2, -0.15) is 0 Å². The Labute approximate surface area is 87.6 Å². The molecule has 0 radical (unpaired) electrons. The highest BCUT2D eigenvalue weighted by atomic mass is 16.7. The van der Waals surface area contributed by atoms with Gasteiger partial charge in [0, 0.05) is 5.92 Å². The number of rotatable bonds is 2. The molecular weight excluding hydrogens is 200 g/mol. The minimum absolute atomic E-state index is 0.0413. The van der Waals surface area contributed by atoms with Crippen molar-refractivity contribution in [2.75, 3.05) is 6.61 Å². The van der Waals surface area contributed by atoms with E-state index in [1.54, 1.807) is 0 Å². The molecule has 0 aromatic carbocycles. The number of hydrogen-bond donors (Lipinski definition) is 4. The molecule has 0 aromatic rings. The fraction of sp³-hybridized carbons (Fsp3) is 0.800. The van der Waals surface area contributed by atoms with E-state index in [0.29, 0.717) is 11.3 Å². The Morgan fingerprint density at radius 1 is 1.40 bits per heavy atom. The largest absolute Gasteiger partial charge is 0.462 e. The molecule has 0 aromatic heterocycles. The monoisotopic (exact) mass is 216 g/mol. The summed E-state index contributed by atoms with van der Waals surface area (Å²) in [6.45, 7) is 3.31. The summed E-state index contributed by atoms with van der Waals surface area (Å²) in [5.41, 5.74) is 0.323. The molecule has 0 bridgehead atoms. The zero-order valence-electron chi connectivity index (χ0n) is 8.71. The van der Waals surface area contributed by atoms with Crippen molar-refractivity contribution in [3.63, 3.8) is 0 Å². The Hall–Kier alpha value is -0.620. The van der Waals surface area contributed by atoms with Crippen molar-refractivity contribution in [2.24, 2.45) is 11.8 Å². The zero-order chi connectivity index (χ0) is 11.4. The van der Waals surface area contributed by atoms with Crippen LogP contribution in [0, 0.1) is 11.8 Å². The fourth-order valence-electron chi connectivity index (χ4n) is 2.32. The van der Waals surface area contributed by atoms with Gasteiger partial charge in [0.2, 0.25) is 5.79 Å². The summed E-state index contributed by atoms with van der Waals surface area (Å²) < 4.78 is 5.21. The lowest BCUT2D eigenvalue weighted by Gasteiger charge is -2.42. The van der Waals surface area contributed by atoms with E-state index >= 15 is 0 Å². The van der Waals surface area contributed by atoms with Crippen molar-refractivity contribution >= 4 is 0 Å². The number of aliphatic hydroxyl groups is 4. The van der Waals surface area contributed by atoms with E-state index in [9.17, 15) is 15.3 Å². The van der Waals surface area contributed by atoms with Crippen LogP contribution in [0.5, 0.6) is 0 Å². The van der Waals surface area contributed by atoms with Crippen LogP contribution in [0.15, 0.2) is 11.3 Å². The fourth-order valence-corrected chi connectivity index (χ4v) is 2.32. The predicted molar refractivity (Wildman–Crippen MR) is 50.5 cm³/mol. The summed E-state index contributed by atoms with van der Waals surface area (Å²) in [5.74, 6) is -1.99. The minimum Gasteiger partial charge on any atom is -0.462 e. The van der Waals surface area contributed by atoms with Crippen LogP contribution < -0.4 is 0 Å². The van der Waals surface area contributed by atoms with Crippen molar-refractivity contribution < 1.29 is 25.2 Å². The van der Waals surface area contributed by atoms with Gasteiger partial charge in [0.05, 0.1) is 24.2 Å². The number of allylic oxidation sites excluding steroid dienone is 1. The number of aliphatic hydroxyl groups excluding tert-OH is 3. The Morgan fingerprint density at radius 2 is 2.00 bits per heavy atom. The Bertz CT molecular complexity index is 311. The molecule has 2 rings (SSSR count). The first-order chi connectivity index (χ1) is 6.93. The van der Waals surface area contributed by atoms with Gasteiger partial charge in [-0.1, -0.05) is 13.8 Å². The van der Waals surface area contributed by atoms with E-state index in [4.69, 9.17) is 9.84 Å². The quantitative estimate of drug-likeness (QED) is 0.473. The summed E-state index contributed by atoms with van der Waals surface area (Å²) >= 11 is 0. The van der Waals surface area contributed by atoms with Gasteiger partial charge in [0.1, 0.15) is 11.9 Å². The molecule has 1 aliphatic carbocycles. The second kappa shape index (κ2) is 3.18. The second-order valence-corrected chi connectivity index (χ2v) is 4.46. The van der Waals surface area contributed by atoms with E-state index in [-0.39, 0.29) is 5.92 Å². The molecule has 1 heterocycles. The first kappa shape index (κ1) is 10.9. The highest BCUT2D eigenvalue weighted by Crippen LogP contribution is 2.52. The minimum atomic E-state index is -1.67. The van der Waals surface area contributed by atoms with Crippen LogP contribution >= 0.6 is 0 Å². The van der Waals surface area contributed by atoms with Gasteiger partial charge in [-0.15, -0.1) is 0 Å². The average Bonchev–Trinajstić information content (AvgIpc) is 2.25. The van der Waals surface area contributed by atoms with Crippen LogP contribution in [0.3, 0.4) is 0 Å². The molecule has 5 heteroatoms. The molecule has 5 nitrogen and oxygen atoms in total. The average molecular weight is 216 g/mol. The standard InChI is InChI=1S/C10H16O5/c1-4(2)9-6-8(13)7(12)5(3-11)10(6,14)15-9/h4-5,7-8,11-14H,3H2,1-2H3/t5?,7-,8?,10?/m0/s1. The summed E-state index contributed by atoms with van der Waals surface area (Å²) in [4.78, 5) is 0. The highest BCUT2D eigenvalue weighted by molar-refractivity contribution is 5.38. The molecule has 15 heavy (non-hydrogen) atoms. The lowest BCUT2D eigenvalue weighted by atomic mass is 9.91. The maximum absolute atomic E-state index is 10.0. The van der Waals surface area contributed by atoms with Gasteiger partial charge >= 0.3 is 0 Å². The molecule has 1 aliphatic heterocycles. The third-order valence-electron chi connectivity index (χ3n) is 3.17. The van der Waals surface area contributed by atoms with Gasteiger partial charge in [0.15, 0.2) is 0 Å². The van der Waals surface area contributed by atoms with Crippen LogP contribution in [0.1, 0.15) is 13.8 Å². The van der Waals surface area contributed by atoms with Gasteiger partial charge in [-0.05, 0) is 0 Å². The Balaban J connectivity index is 2.39. The van der Waals surface area contributed by atoms with Crippen molar-refractivity contribution in [1.29, 1.82) is 0 Å². The number of fused-ring (bicyclic) bond motifs is 1. The normalized spacial score (nSPS) is 44.1. The molecular formula is C10H16O5. The Morgan fingerprint density at radius 3 is 2.47 bits per heavy atom. The van der Waals surface area contributed by atoms with Gasteiger partial charge in [-0.25, -0.2) is 0 Å². The van der Waals surface area contributed by atoms with Crippen LogP contribution in [-0.4, -0.2) is 45.0 Å². The molecule has 3 unspecified atom stereocenters. The molecule has 86 valence electrons. The van der Waals surface area contributed by atoms with Gasteiger partial charge < -0.3 is 25.2 Å². The van der Waals surface area contributed by atoms with E-state index in [1.165, 1.54) is 0 Å². The van der Waals surface area contributed by atoms with Gasteiger partial charge in [-0.3, -0.25) is 0 Å². The van der Waals surface area contributed by atoms with E-state index in [2.05, 4.69) is 0 Å². The SMILES string of the molecule is CC(C)C1=C2C(O)[C@@H](O)C(CO)C2(O)O1. The maximum Gasteiger partial charge on any atom is 0.244 e. The van der Waals surface area contributed by atoms with Crippen LogP contribution in [0.4, 0.5) is 0 Å². The molecule has 0 saturated heterocycles. The molecule has 0 amide bonds. The smallest absolute Gasteiger partial charge is 0.244 e. The predicted octanol–water partition coefficient (Wildman–Crippen LogP) is -1.04. The number of hydrogen-bond acceptors (Lipinski definition) is 5. The van der Waals surface area contributed by atoms with E-state index in [0.717, 1.165) is 0 Å². The molecule has 1 saturated carbocycles. The number of ether oxygens (including phenoxy) is 1. The van der Waals surface area contributed by atoms with Crippen LogP contribution in [-0.2, 0) is 4.74 Å². The van der Waals surface area contributed by atoms with E-state index in [1.807, 2.05) is 13.8 Å². The summed E-state index contributed by atoms with van der Waals surface area (Å²) in [6.07, 6.45) is -2.32. The summed E-state index contributed by atoms with van der Waals surface area (Å²) in [6, 6.07) is 0. The van der Waals surface area contributed by atoms with Crippen LogP contribution in [0.25, 0.3) is 0 Å². The summed E-state index contributed by atoms with van der Waals surface area (Å²) in [5, 5.41) is 38.4. The third kappa shape index (κ3) is 1.18. The van der Waals surface area contributed by atoms with Crippen molar-refractivity contribution in [3.05, 3.63) is 11.3 Å². The molecule has 4 N–H and O–H groups in total. The summed E-state index contributed by atoms with van der Waals surface area (Å²) in [7, 11) is 0. The lowest BCUT2D eigenvalue weighted by molar-refractivity contribution is -0.229. The third-order valence-corrected chi connectivity index (χ3v) is 3.17. The van der Waals surface area contributed by atoms with Crippen molar-refractivity contribution in [2.45, 2.75) is 31.8 Å². The van der Waals surface area contributed by atoms with Crippen molar-refractivity contribution in [3.8, 4) is 0 Å². The molecule has 1 fully saturated rings. The van der Waals surface area contributed by atoms with Crippen molar-refractivity contribution in [1.82, 2.24) is 0 Å². The molecule has 2 aliphatic rings. The zero-order valence-corrected chi connectivity index (χ0v) is 8.71. The second-order valence-electron chi connectivity index (χ2n) is 4.46. The first-order valence-corrected chi connectivity index (χ1v) is 5.06. The van der Waals surface area contributed by atoms with Gasteiger partial charge in [0.25, 0.3) is 0 Å². The Kier molecular flexibility index (Phi) is 2.31. The topological polar surface area (TPSA) is 90.2 Å². The van der Waals surface area contributed by atoms with Crippen LogP contribution in [0.2, 0.25) is 0 Å². The maximum atomic E-state index is 10.0. The van der Waals surface area contributed by atoms with E-state index < -0.39 is 30.5 Å². The molecule has 0 spiro atoms.